The third-order valence-electron chi connectivity index (χ3n) is 10.6. The topological polar surface area (TPSA) is 59.7 Å². The molecule has 1 aliphatic rings. The molecule has 0 spiro atoms. The lowest BCUT2D eigenvalue weighted by Crippen LogP contribution is -2.14. The van der Waals surface area contributed by atoms with Gasteiger partial charge in [-0.2, -0.15) is 0 Å². The first kappa shape index (κ1) is 31.8. The molecule has 0 radical (unpaired) electrons. The van der Waals surface area contributed by atoms with Gasteiger partial charge < -0.3 is 0 Å². The first-order valence-corrected chi connectivity index (χ1v) is 18.7. The average molecular weight is 717 g/mol. The summed E-state index contributed by atoms with van der Waals surface area (Å²) in [5, 5.41) is 2.36. The van der Waals surface area contributed by atoms with E-state index >= 15 is 0 Å². The maximum absolute atomic E-state index is 5.36. The number of para-hydroxylation sites is 2. The van der Waals surface area contributed by atoms with E-state index in [2.05, 4.69) is 143 Å². The van der Waals surface area contributed by atoms with Crippen molar-refractivity contribution in [2.75, 3.05) is 4.90 Å². The number of hydrogen-bond donors (Lipinski definition) is 0. The van der Waals surface area contributed by atoms with Crippen LogP contribution in [0.25, 0.3) is 83.9 Å². The summed E-state index contributed by atoms with van der Waals surface area (Å²) in [6.45, 7) is 0. The Hall–Kier alpha value is -7.70. The van der Waals surface area contributed by atoms with E-state index in [1.54, 1.807) is 0 Å². The van der Waals surface area contributed by atoms with Gasteiger partial charge in [0.05, 0.1) is 22.4 Å². The third-order valence-corrected chi connectivity index (χ3v) is 10.6. The van der Waals surface area contributed by atoms with E-state index in [1.165, 1.54) is 16.3 Å². The molecule has 6 nitrogen and oxygen atoms in total. The SMILES string of the molecule is c1ccc(-c2nc(-c3ccccc3)nc(-c3ccc(-c4ccc(N5c6ccccc6-c6ccccc6-n6c5nc5cc7ccccc7cc56)cc4)cc3)n2)cc1. The van der Waals surface area contributed by atoms with Gasteiger partial charge in [0.2, 0.25) is 5.95 Å². The standard InChI is InChI=1S/C50H32N6/c1-3-13-35(14-4-1)47-52-48(36-15-5-2-6-16-36)54-49(53-47)37-25-23-33(24-26-37)34-27-29-40(30-28-34)55-44-21-11-9-19-41(44)42-20-10-12-22-45(42)56-46-32-39-18-8-7-17-38(39)31-43(46)51-50(55)56/h1-32H. The van der Waals surface area contributed by atoms with Crippen LogP contribution >= 0.6 is 0 Å². The zero-order valence-corrected chi connectivity index (χ0v) is 30.2. The zero-order valence-electron chi connectivity index (χ0n) is 30.2. The molecule has 0 bridgehead atoms. The number of benzene rings is 8. The maximum atomic E-state index is 5.36. The molecule has 1 aliphatic heterocycles. The lowest BCUT2D eigenvalue weighted by atomic mass is 10.0. The van der Waals surface area contributed by atoms with Crippen LogP contribution in [0.3, 0.4) is 0 Å². The van der Waals surface area contributed by atoms with Crippen molar-refractivity contribution in [3.05, 3.63) is 194 Å². The summed E-state index contributed by atoms with van der Waals surface area (Å²) in [6, 6.07) is 67.6. The van der Waals surface area contributed by atoms with Crippen LogP contribution in [-0.4, -0.2) is 24.5 Å². The molecule has 0 N–H and O–H groups in total. The summed E-state index contributed by atoms with van der Waals surface area (Å²) < 4.78 is 2.32. The Kier molecular flexibility index (Phi) is 7.38. The Balaban J connectivity index is 0.991. The second-order valence-electron chi connectivity index (χ2n) is 14.0. The molecular weight excluding hydrogens is 685 g/mol. The lowest BCUT2D eigenvalue weighted by Gasteiger charge is -2.24. The molecule has 6 heteroatoms. The van der Waals surface area contributed by atoms with Gasteiger partial charge in [-0.15, -0.1) is 0 Å². The van der Waals surface area contributed by atoms with Gasteiger partial charge in [0, 0.05) is 33.5 Å². The van der Waals surface area contributed by atoms with E-state index < -0.39 is 0 Å². The first-order valence-electron chi connectivity index (χ1n) is 18.7. The second kappa shape index (κ2) is 13.0. The average Bonchev–Trinajstić information content (AvgIpc) is 3.58. The summed E-state index contributed by atoms with van der Waals surface area (Å²) in [5.74, 6) is 2.78. The van der Waals surface area contributed by atoms with Gasteiger partial charge in [0.1, 0.15) is 0 Å². The number of imidazole rings is 1. The van der Waals surface area contributed by atoms with Crippen molar-refractivity contribution in [1.82, 2.24) is 24.5 Å². The van der Waals surface area contributed by atoms with Crippen LogP contribution < -0.4 is 4.90 Å². The van der Waals surface area contributed by atoms with Crippen LogP contribution in [0.1, 0.15) is 0 Å². The van der Waals surface area contributed by atoms with Crippen LogP contribution in [0.15, 0.2) is 194 Å². The molecular formula is C50H32N6. The molecule has 3 heterocycles. The number of anilines is 3. The maximum Gasteiger partial charge on any atom is 0.220 e. The molecule has 0 fully saturated rings. The van der Waals surface area contributed by atoms with Crippen molar-refractivity contribution in [3.63, 3.8) is 0 Å². The van der Waals surface area contributed by atoms with E-state index in [-0.39, 0.29) is 0 Å². The van der Waals surface area contributed by atoms with Crippen LogP contribution in [0.4, 0.5) is 17.3 Å². The molecule has 10 aromatic rings. The molecule has 262 valence electrons. The van der Waals surface area contributed by atoms with Crippen molar-refractivity contribution in [2.45, 2.75) is 0 Å². The van der Waals surface area contributed by atoms with Gasteiger partial charge in [-0.05, 0) is 58.3 Å². The lowest BCUT2D eigenvalue weighted by molar-refractivity contribution is 1.05. The van der Waals surface area contributed by atoms with Gasteiger partial charge in [-0.3, -0.25) is 9.47 Å². The monoisotopic (exact) mass is 716 g/mol. The van der Waals surface area contributed by atoms with Crippen molar-refractivity contribution in [1.29, 1.82) is 0 Å². The Morgan fingerprint density at radius 1 is 0.339 bits per heavy atom. The highest BCUT2D eigenvalue weighted by Gasteiger charge is 2.29. The van der Waals surface area contributed by atoms with Gasteiger partial charge in [0.15, 0.2) is 17.5 Å². The molecule has 8 aromatic carbocycles. The summed E-state index contributed by atoms with van der Waals surface area (Å²) in [6.07, 6.45) is 0. The minimum atomic E-state index is 0.635. The Bertz CT molecular complexity index is 3010. The summed E-state index contributed by atoms with van der Waals surface area (Å²) in [7, 11) is 0. The fraction of sp³-hybridized carbons (Fsp3) is 0. The Labute approximate surface area is 323 Å². The molecule has 0 atom stereocenters. The normalized spacial score (nSPS) is 11.9. The number of nitrogens with zero attached hydrogens (tertiary/aromatic N) is 6. The van der Waals surface area contributed by atoms with E-state index in [0.29, 0.717) is 17.5 Å². The largest absolute Gasteiger partial charge is 0.280 e. The summed E-state index contributed by atoms with van der Waals surface area (Å²) in [5.41, 5.74) is 12.6. The molecule has 56 heavy (non-hydrogen) atoms. The van der Waals surface area contributed by atoms with E-state index in [4.69, 9.17) is 19.9 Å². The molecule has 2 aromatic heterocycles. The van der Waals surface area contributed by atoms with Gasteiger partial charge >= 0.3 is 0 Å². The Morgan fingerprint density at radius 3 is 1.39 bits per heavy atom. The minimum Gasteiger partial charge on any atom is -0.280 e. The van der Waals surface area contributed by atoms with Crippen LogP contribution in [0.5, 0.6) is 0 Å². The van der Waals surface area contributed by atoms with Crippen molar-refractivity contribution in [3.8, 4) is 62.1 Å². The molecule has 0 aliphatic carbocycles. The quantitative estimate of drug-likeness (QED) is 0.177. The summed E-state index contributed by atoms with van der Waals surface area (Å²) >= 11 is 0. The smallest absolute Gasteiger partial charge is 0.220 e. The minimum absolute atomic E-state index is 0.635. The van der Waals surface area contributed by atoms with Gasteiger partial charge in [-0.1, -0.05) is 158 Å². The van der Waals surface area contributed by atoms with Gasteiger partial charge in [0.25, 0.3) is 0 Å². The zero-order chi connectivity index (χ0) is 37.0. The highest BCUT2D eigenvalue weighted by Crippen LogP contribution is 2.48. The second-order valence-corrected chi connectivity index (χ2v) is 14.0. The molecule has 0 saturated carbocycles. The van der Waals surface area contributed by atoms with E-state index in [0.717, 1.165) is 67.4 Å². The van der Waals surface area contributed by atoms with E-state index in [9.17, 15) is 0 Å². The van der Waals surface area contributed by atoms with Crippen molar-refractivity contribution < 1.29 is 0 Å². The van der Waals surface area contributed by atoms with E-state index in [1.807, 2.05) is 60.7 Å². The predicted octanol–water partition coefficient (Wildman–Crippen LogP) is 12.5. The molecule has 11 rings (SSSR count). The van der Waals surface area contributed by atoms with Crippen LogP contribution in [0.2, 0.25) is 0 Å². The van der Waals surface area contributed by atoms with Crippen LogP contribution in [-0.2, 0) is 0 Å². The fourth-order valence-electron chi connectivity index (χ4n) is 7.85. The highest BCUT2D eigenvalue weighted by molar-refractivity contribution is 6.01. The Morgan fingerprint density at radius 2 is 0.786 bits per heavy atom. The summed E-state index contributed by atoms with van der Waals surface area (Å²) in [4.78, 5) is 22.3. The molecule has 0 saturated heterocycles. The number of rotatable bonds is 5. The fourth-order valence-corrected chi connectivity index (χ4v) is 7.85. The number of aromatic nitrogens is 5. The highest BCUT2D eigenvalue weighted by atomic mass is 15.3. The third kappa shape index (κ3) is 5.35. The van der Waals surface area contributed by atoms with Crippen LogP contribution in [0, 0.1) is 0 Å². The van der Waals surface area contributed by atoms with Gasteiger partial charge in [-0.25, -0.2) is 19.9 Å². The van der Waals surface area contributed by atoms with Crippen molar-refractivity contribution in [2.24, 2.45) is 0 Å². The first-order chi connectivity index (χ1) is 27.7. The van der Waals surface area contributed by atoms with Crippen molar-refractivity contribution >= 4 is 39.1 Å². The predicted molar refractivity (Wildman–Crippen MR) is 227 cm³/mol. The molecule has 0 unspecified atom stereocenters. The number of hydrogen-bond acceptors (Lipinski definition) is 5. The number of fused-ring (bicyclic) bond motifs is 8. The molecule has 0 amide bonds.